The molecule has 1 aliphatic heterocycles. The quantitative estimate of drug-likeness (QED) is 0.612. The smallest absolute Gasteiger partial charge is 0.0145 e. The van der Waals surface area contributed by atoms with Crippen molar-refractivity contribution in [2.45, 2.75) is 25.8 Å². The van der Waals surface area contributed by atoms with Gasteiger partial charge in [0.25, 0.3) is 0 Å². The Hall–Kier alpha value is -0.120. The van der Waals surface area contributed by atoms with E-state index in [9.17, 15) is 0 Å². The standard InChI is InChI=1S/C8H19N3/c1-3-10-8-4-6-11(9-2)7-5-8/h8-10H,3-7H2,1-2H3. The van der Waals surface area contributed by atoms with Gasteiger partial charge in [-0.2, -0.15) is 0 Å². The molecule has 0 unspecified atom stereocenters. The summed E-state index contributed by atoms with van der Waals surface area (Å²) in [7, 11) is 1.99. The highest BCUT2D eigenvalue weighted by Gasteiger charge is 2.16. The molecule has 3 nitrogen and oxygen atoms in total. The summed E-state index contributed by atoms with van der Waals surface area (Å²) < 4.78 is 0. The molecule has 1 aliphatic rings. The van der Waals surface area contributed by atoms with Crippen LogP contribution in [-0.2, 0) is 0 Å². The van der Waals surface area contributed by atoms with E-state index in [1.54, 1.807) is 0 Å². The molecule has 1 fully saturated rings. The maximum Gasteiger partial charge on any atom is 0.0145 e. The Morgan fingerprint density at radius 2 is 2.00 bits per heavy atom. The molecule has 0 aliphatic carbocycles. The number of nitrogens with zero attached hydrogens (tertiary/aromatic N) is 1. The van der Waals surface area contributed by atoms with Crippen molar-refractivity contribution in [2.75, 3.05) is 26.7 Å². The van der Waals surface area contributed by atoms with Crippen molar-refractivity contribution in [3.05, 3.63) is 0 Å². The SMILES string of the molecule is CCNC1CCN(NC)CC1. The minimum absolute atomic E-state index is 0.754. The molecule has 0 spiro atoms. The fourth-order valence-corrected chi connectivity index (χ4v) is 1.60. The third kappa shape index (κ3) is 2.77. The Morgan fingerprint density at radius 3 is 2.45 bits per heavy atom. The fourth-order valence-electron chi connectivity index (χ4n) is 1.60. The van der Waals surface area contributed by atoms with Gasteiger partial charge in [0.2, 0.25) is 0 Å². The van der Waals surface area contributed by atoms with E-state index in [1.807, 2.05) is 7.05 Å². The Labute approximate surface area is 69.1 Å². The van der Waals surface area contributed by atoms with Crippen molar-refractivity contribution >= 4 is 0 Å². The van der Waals surface area contributed by atoms with Crippen LogP contribution in [0.4, 0.5) is 0 Å². The molecule has 66 valence electrons. The number of hydrazine groups is 1. The van der Waals surface area contributed by atoms with Crippen molar-refractivity contribution in [1.29, 1.82) is 0 Å². The van der Waals surface area contributed by atoms with Crippen molar-refractivity contribution in [3.63, 3.8) is 0 Å². The fraction of sp³-hybridized carbons (Fsp3) is 1.00. The van der Waals surface area contributed by atoms with E-state index in [1.165, 1.54) is 25.9 Å². The Kier molecular flexibility index (Phi) is 3.83. The molecule has 0 aromatic rings. The summed E-state index contributed by atoms with van der Waals surface area (Å²) in [6, 6.07) is 0.754. The van der Waals surface area contributed by atoms with E-state index in [0.29, 0.717) is 0 Å². The van der Waals surface area contributed by atoms with Gasteiger partial charge in [-0.05, 0) is 26.4 Å². The summed E-state index contributed by atoms with van der Waals surface area (Å²) in [6.45, 7) is 5.62. The molecule has 0 amide bonds. The lowest BCUT2D eigenvalue weighted by Crippen LogP contribution is -2.46. The molecule has 3 heteroatoms. The lowest BCUT2D eigenvalue weighted by atomic mass is 10.1. The summed E-state index contributed by atoms with van der Waals surface area (Å²) in [6.07, 6.45) is 2.54. The molecule has 11 heavy (non-hydrogen) atoms. The minimum Gasteiger partial charge on any atom is -0.314 e. The van der Waals surface area contributed by atoms with Crippen LogP contribution in [-0.4, -0.2) is 37.7 Å². The van der Waals surface area contributed by atoms with Gasteiger partial charge >= 0.3 is 0 Å². The number of piperidine rings is 1. The van der Waals surface area contributed by atoms with Crippen LogP contribution in [0, 0.1) is 0 Å². The van der Waals surface area contributed by atoms with E-state index in [4.69, 9.17) is 0 Å². The van der Waals surface area contributed by atoms with Crippen LogP contribution in [0.25, 0.3) is 0 Å². The second-order valence-corrected chi connectivity index (χ2v) is 3.04. The molecule has 0 bridgehead atoms. The first kappa shape index (κ1) is 8.97. The highest BCUT2D eigenvalue weighted by atomic mass is 15.5. The first-order chi connectivity index (χ1) is 5.36. The van der Waals surface area contributed by atoms with Crippen LogP contribution in [0.15, 0.2) is 0 Å². The zero-order valence-electron chi connectivity index (χ0n) is 7.56. The predicted molar refractivity (Wildman–Crippen MR) is 47.3 cm³/mol. The number of hydrogen-bond acceptors (Lipinski definition) is 3. The van der Waals surface area contributed by atoms with Gasteiger partial charge in [-0.25, -0.2) is 5.01 Å². The second kappa shape index (κ2) is 4.70. The van der Waals surface area contributed by atoms with E-state index in [2.05, 4.69) is 22.7 Å². The van der Waals surface area contributed by atoms with Gasteiger partial charge in [0.05, 0.1) is 0 Å². The summed E-state index contributed by atoms with van der Waals surface area (Å²) in [5, 5.41) is 5.75. The topological polar surface area (TPSA) is 27.3 Å². The van der Waals surface area contributed by atoms with Crippen molar-refractivity contribution < 1.29 is 0 Å². The lowest BCUT2D eigenvalue weighted by Gasteiger charge is -2.31. The zero-order chi connectivity index (χ0) is 8.10. The molecule has 0 saturated carbocycles. The molecule has 0 atom stereocenters. The molecule has 0 aromatic carbocycles. The van der Waals surface area contributed by atoms with Crippen LogP contribution in [0.5, 0.6) is 0 Å². The maximum absolute atomic E-state index is 3.47. The average Bonchev–Trinajstić information content (AvgIpc) is 2.07. The number of rotatable bonds is 3. The normalized spacial score (nSPS) is 22.4. The van der Waals surface area contributed by atoms with Crippen LogP contribution in [0.2, 0.25) is 0 Å². The van der Waals surface area contributed by atoms with E-state index in [-0.39, 0.29) is 0 Å². The first-order valence-corrected chi connectivity index (χ1v) is 4.52. The van der Waals surface area contributed by atoms with Gasteiger partial charge in [-0.3, -0.25) is 5.43 Å². The molecule has 2 N–H and O–H groups in total. The van der Waals surface area contributed by atoms with Crippen LogP contribution in [0.1, 0.15) is 19.8 Å². The maximum atomic E-state index is 3.47. The second-order valence-electron chi connectivity index (χ2n) is 3.04. The van der Waals surface area contributed by atoms with Gasteiger partial charge in [0.15, 0.2) is 0 Å². The molecule has 0 aromatic heterocycles. The zero-order valence-corrected chi connectivity index (χ0v) is 7.56. The number of hydrogen-bond donors (Lipinski definition) is 2. The van der Waals surface area contributed by atoms with Crippen LogP contribution >= 0.6 is 0 Å². The molecular formula is C8H19N3. The lowest BCUT2D eigenvalue weighted by molar-refractivity contribution is 0.150. The Morgan fingerprint density at radius 1 is 1.36 bits per heavy atom. The number of nitrogens with one attached hydrogen (secondary N) is 2. The third-order valence-electron chi connectivity index (χ3n) is 2.30. The summed E-state index contributed by atoms with van der Waals surface area (Å²) in [5.41, 5.74) is 3.17. The summed E-state index contributed by atoms with van der Waals surface area (Å²) >= 11 is 0. The van der Waals surface area contributed by atoms with Gasteiger partial charge in [0, 0.05) is 19.1 Å². The highest BCUT2D eigenvalue weighted by molar-refractivity contribution is 4.74. The first-order valence-electron chi connectivity index (χ1n) is 4.52. The van der Waals surface area contributed by atoms with Crippen molar-refractivity contribution in [2.24, 2.45) is 0 Å². The van der Waals surface area contributed by atoms with Gasteiger partial charge < -0.3 is 5.32 Å². The van der Waals surface area contributed by atoms with E-state index in [0.717, 1.165) is 12.6 Å². The summed E-state index contributed by atoms with van der Waals surface area (Å²) in [4.78, 5) is 0. The average molecular weight is 157 g/mol. The van der Waals surface area contributed by atoms with Crippen molar-refractivity contribution in [1.82, 2.24) is 15.8 Å². The van der Waals surface area contributed by atoms with Gasteiger partial charge in [0.1, 0.15) is 0 Å². The summed E-state index contributed by atoms with van der Waals surface area (Å²) in [5.74, 6) is 0. The molecular weight excluding hydrogens is 138 g/mol. The highest BCUT2D eigenvalue weighted by Crippen LogP contribution is 2.06. The van der Waals surface area contributed by atoms with Gasteiger partial charge in [-0.1, -0.05) is 6.92 Å². The van der Waals surface area contributed by atoms with E-state index >= 15 is 0 Å². The van der Waals surface area contributed by atoms with E-state index < -0.39 is 0 Å². The van der Waals surface area contributed by atoms with Crippen LogP contribution < -0.4 is 10.7 Å². The predicted octanol–water partition coefficient (Wildman–Crippen LogP) is 0.195. The molecule has 0 radical (unpaired) electrons. The molecule has 1 rings (SSSR count). The Bertz CT molecular complexity index is 97.5. The molecule has 1 saturated heterocycles. The minimum atomic E-state index is 0.754. The van der Waals surface area contributed by atoms with Crippen LogP contribution in [0.3, 0.4) is 0 Å². The largest absolute Gasteiger partial charge is 0.314 e. The third-order valence-corrected chi connectivity index (χ3v) is 2.30. The molecule has 1 heterocycles. The van der Waals surface area contributed by atoms with Gasteiger partial charge in [-0.15, -0.1) is 0 Å². The Balaban J connectivity index is 2.14. The monoisotopic (exact) mass is 157 g/mol. The van der Waals surface area contributed by atoms with Crippen molar-refractivity contribution in [3.8, 4) is 0 Å².